The normalized spacial score (nSPS) is 19.7. The number of nitrogens with zero attached hydrogens (tertiary/aromatic N) is 2. The van der Waals surface area contributed by atoms with Gasteiger partial charge in [0.15, 0.2) is 0 Å². The van der Waals surface area contributed by atoms with Crippen molar-refractivity contribution in [2.45, 2.75) is 38.8 Å². The lowest BCUT2D eigenvalue weighted by Gasteiger charge is -2.22. The number of rotatable bonds is 6. The van der Waals surface area contributed by atoms with Crippen molar-refractivity contribution in [3.05, 3.63) is 18.1 Å². The number of hydrogen-bond donors (Lipinski definition) is 1. The predicted molar refractivity (Wildman–Crippen MR) is 68.5 cm³/mol. The van der Waals surface area contributed by atoms with Crippen LogP contribution >= 0.6 is 0 Å². The third kappa shape index (κ3) is 4.23. The summed E-state index contributed by atoms with van der Waals surface area (Å²) in [5, 5.41) is 3.21. The van der Waals surface area contributed by atoms with E-state index in [4.69, 9.17) is 9.47 Å². The molecule has 0 bridgehead atoms. The molecule has 0 saturated carbocycles. The molecule has 1 fully saturated rings. The fourth-order valence-corrected chi connectivity index (χ4v) is 1.91. The van der Waals surface area contributed by atoms with Crippen LogP contribution in [-0.4, -0.2) is 35.8 Å². The Bertz CT molecular complexity index is 354. The van der Waals surface area contributed by atoms with E-state index in [9.17, 15) is 0 Å². The first-order valence-electron chi connectivity index (χ1n) is 6.64. The summed E-state index contributed by atoms with van der Waals surface area (Å²) < 4.78 is 11.2. The van der Waals surface area contributed by atoms with Gasteiger partial charge in [0.05, 0.1) is 18.0 Å². The van der Waals surface area contributed by atoms with E-state index >= 15 is 0 Å². The van der Waals surface area contributed by atoms with Crippen molar-refractivity contribution >= 4 is 0 Å². The SMILES string of the molecule is CCNCc1cncc(OCC2CCCCO2)n1. The Hall–Kier alpha value is -1.20. The lowest BCUT2D eigenvalue weighted by Crippen LogP contribution is -2.26. The Kier molecular flexibility index (Phi) is 5.36. The topological polar surface area (TPSA) is 56.3 Å². The summed E-state index contributed by atoms with van der Waals surface area (Å²) in [6.45, 7) is 5.12. The van der Waals surface area contributed by atoms with Crippen molar-refractivity contribution in [3.8, 4) is 5.88 Å². The van der Waals surface area contributed by atoms with E-state index in [1.54, 1.807) is 12.4 Å². The summed E-state index contributed by atoms with van der Waals surface area (Å²) in [5.74, 6) is 0.583. The van der Waals surface area contributed by atoms with Crippen LogP contribution in [0, 0.1) is 0 Å². The molecule has 0 aromatic carbocycles. The van der Waals surface area contributed by atoms with Crippen LogP contribution in [0.5, 0.6) is 5.88 Å². The number of hydrogen-bond acceptors (Lipinski definition) is 5. The number of nitrogens with one attached hydrogen (secondary N) is 1. The highest BCUT2D eigenvalue weighted by molar-refractivity contribution is 5.08. The molecular formula is C13H21N3O2. The minimum absolute atomic E-state index is 0.206. The van der Waals surface area contributed by atoms with Gasteiger partial charge in [0.2, 0.25) is 5.88 Å². The Labute approximate surface area is 108 Å². The first-order valence-corrected chi connectivity index (χ1v) is 6.64. The molecule has 0 amide bonds. The van der Waals surface area contributed by atoms with E-state index in [0.717, 1.165) is 38.2 Å². The second-order valence-electron chi connectivity index (χ2n) is 4.43. The first-order chi connectivity index (χ1) is 8.88. The van der Waals surface area contributed by atoms with Gasteiger partial charge >= 0.3 is 0 Å². The second kappa shape index (κ2) is 7.28. The average molecular weight is 251 g/mol. The van der Waals surface area contributed by atoms with Crippen molar-refractivity contribution < 1.29 is 9.47 Å². The maximum Gasteiger partial charge on any atom is 0.232 e. The molecule has 1 aliphatic rings. The van der Waals surface area contributed by atoms with E-state index in [1.165, 1.54) is 6.42 Å². The van der Waals surface area contributed by atoms with Crippen molar-refractivity contribution in [3.63, 3.8) is 0 Å². The second-order valence-corrected chi connectivity index (χ2v) is 4.43. The summed E-state index contributed by atoms with van der Waals surface area (Å²) >= 11 is 0. The molecule has 2 heterocycles. The van der Waals surface area contributed by atoms with Crippen LogP contribution in [0.4, 0.5) is 0 Å². The summed E-state index contributed by atoms with van der Waals surface area (Å²) in [4.78, 5) is 8.52. The lowest BCUT2D eigenvalue weighted by molar-refractivity contribution is -0.0120. The third-order valence-electron chi connectivity index (χ3n) is 2.91. The van der Waals surface area contributed by atoms with Crippen molar-refractivity contribution in [1.82, 2.24) is 15.3 Å². The third-order valence-corrected chi connectivity index (χ3v) is 2.91. The van der Waals surface area contributed by atoms with Gasteiger partial charge in [-0.25, -0.2) is 4.98 Å². The molecule has 5 nitrogen and oxygen atoms in total. The van der Waals surface area contributed by atoms with Crippen LogP contribution in [0.25, 0.3) is 0 Å². The van der Waals surface area contributed by atoms with Crippen LogP contribution in [0.2, 0.25) is 0 Å². The standard InChI is InChI=1S/C13H21N3O2/c1-2-14-7-11-8-15-9-13(16-11)18-10-12-5-3-4-6-17-12/h8-9,12,14H,2-7,10H2,1H3. The molecule has 2 rings (SSSR count). The minimum Gasteiger partial charge on any atom is -0.474 e. The molecular weight excluding hydrogens is 230 g/mol. The summed E-state index contributed by atoms with van der Waals surface area (Å²) in [6.07, 6.45) is 7.07. The van der Waals surface area contributed by atoms with Gasteiger partial charge in [0, 0.05) is 19.3 Å². The van der Waals surface area contributed by atoms with E-state index in [-0.39, 0.29) is 6.10 Å². The molecule has 18 heavy (non-hydrogen) atoms. The maximum absolute atomic E-state index is 5.64. The molecule has 1 aromatic heterocycles. The van der Waals surface area contributed by atoms with E-state index < -0.39 is 0 Å². The van der Waals surface area contributed by atoms with E-state index in [0.29, 0.717) is 12.5 Å². The van der Waals surface area contributed by atoms with Gasteiger partial charge in [0.1, 0.15) is 6.61 Å². The molecule has 0 spiro atoms. The summed E-state index contributed by atoms with van der Waals surface area (Å²) in [5.41, 5.74) is 0.902. The van der Waals surface area contributed by atoms with Gasteiger partial charge in [-0.15, -0.1) is 0 Å². The number of ether oxygens (including phenoxy) is 2. The maximum atomic E-state index is 5.64. The van der Waals surface area contributed by atoms with Crippen LogP contribution < -0.4 is 10.1 Å². The van der Waals surface area contributed by atoms with Crippen LogP contribution in [0.3, 0.4) is 0 Å². The largest absolute Gasteiger partial charge is 0.474 e. The summed E-state index contributed by atoms with van der Waals surface area (Å²) in [6, 6.07) is 0. The molecule has 0 radical (unpaired) electrons. The van der Waals surface area contributed by atoms with Crippen molar-refractivity contribution in [2.75, 3.05) is 19.8 Å². The molecule has 1 N–H and O–H groups in total. The average Bonchev–Trinajstić information content (AvgIpc) is 2.44. The van der Waals surface area contributed by atoms with Gasteiger partial charge in [-0.2, -0.15) is 0 Å². The molecule has 5 heteroatoms. The van der Waals surface area contributed by atoms with Gasteiger partial charge in [-0.05, 0) is 25.8 Å². The smallest absolute Gasteiger partial charge is 0.232 e. The predicted octanol–water partition coefficient (Wildman–Crippen LogP) is 1.53. The van der Waals surface area contributed by atoms with Crippen LogP contribution in [0.1, 0.15) is 31.9 Å². The number of aromatic nitrogens is 2. The Morgan fingerprint density at radius 3 is 3.17 bits per heavy atom. The fraction of sp³-hybridized carbons (Fsp3) is 0.692. The monoisotopic (exact) mass is 251 g/mol. The zero-order chi connectivity index (χ0) is 12.6. The van der Waals surface area contributed by atoms with Crippen molar-refractivity contribution in [2.24, 2.45) is 0 Å². The molecule has 1 saturated heterocycles. The highest BCUT2D eigenvalue weighted by atomic mass is 16.5. The van der Waals surface area contributed by atoms with Gasteiger partial charge in [0.25, 0.3) is 0 Å². The van der Waals surface area contributed by atoms with Crippen LogP contribution in [-0.2, 0) is 11.3 Å². The molecule has 1 unspecified atom stereocenters. The Morgan fingerprint density at radius 2 is 2.39 bits per heavy atom. The van der Waals surface area contributed by atoms with Gasteiger partial charge in [-0.3, -0.25) is 4.98 Å². The molecule has 1 aromatic rings. The molecule has 1 aliphatic heterocycles. The van der Waals surface area contributed by atoms with Crippen LogP contribution in [0.15, 0.2) is 12.4 Å². The molecule has 0 aliphatic carbocycles. The van der Waals surface area contributed by atoms with E-state index in [2.05, 4.69) is 22.2 Å². The molecule has 100 valence electrons. The lowest BCUT2D eigenvalue weighted by atomic mass is 10.1. The first kappa shape index (κ1) is 13.2. The molecule has 1 atom stereocenters. The fourth-order valence-electron chi connectivity index (χ4n) is 1.91. The summed E-state index contributed by atoms with van der Waals surface area (Å²) in [7, 11) is 0. The minimum atomic E-state index is 0.206. The quantitative estimate of drug-likeness (QED) is 0.831. The Morgan fingerprint density at radius 1 is 1.44 bits per heavy atom. The zero-order valence-corrected chi connectivity index (χ0v) is 10.9. The van der Waals surface area contributed by atoms with Gasteiger partial charge in [-0.1, -0.05) is 6.92 Å². The zero-order valence-electron chi connectivity index (χ0n) is 10.9. The van der Waals surface area contributed by atoms with Crippen molar-refractivity contribution in [1.29, 1.82) is 0 Å². The van der Waals surface area contributed by atoms with Gasteiger partial charge < -0.3 is 14.8 Å². The highest BCUT2D eigenvalue weighted by Gasteiger charge is 2.14. The van der Waals surface area contributed by atoms with E-state index in [1.807, 2.05) is 0 Å². The highest BCUT2D eigenvalue weighted by Crippen LogP contribution is 2.14. The Balaban J connectivity index is 1.80.